The standard InChI is InChI=1S/C25H30N6O/c1-2-14-30(20-9-5-3-6-10-20)25(32)19-12-16-29(17-13-19)23-22-24(27-18-26-23)31-15-8-4-7-11-21(31)28-22/h2-3,5-6,9-10,18-19H,1,4,7-8,11-17H2. The number of amides is 1. The fraction of sp³-hybridized carbons (Fsp3) is 0.440. The van der Waals surface area contributed by atoms with Crippen molar-refractivity contribution in [2.45, 2.75) is 45.1 Å². The highest BCUT2D eigenvalue weighted by Crippen LogP contribution is 2.30. The number of para-hydroxylation sites is 1. The molecule has 1 amide bonds. The van der Waals surface area contributed by atoms with Gasteiger partial charge in [0.15, 0.2) is 17.0 Å². The molecule has 0 aliphatic carbocycles. The smallest absolute Gasteiger partial charge is 0.230 e. The number of rotatable bonds is 5. The Balaban J connectivity index is 1.33. The second-order valence-corrected chi connectivity index (χ2v) is 8.69. The van der Waals surface area contributed by atoms with Crippen molar-refractivity contribution >= 4 is 28.6 Å². The zero-order valence-corrected chi connectivity index (χ0v) is 18.5. The third kappa shape index (κ3) is 3.87. The van der Waals surface area contributed by atoms with E-state index < -0.39 is 0 Å². The maximum atomic E-state index is 13.3. The van der Waals surface area contributed by atoms with E-state index in [4.69, 9.17) is 4.98 Å². The highest BCUT2D eigenvalue weighted by atomic mass is 16.2. The monoisotopic (exact) mass is 430 g/mol. The number of nitrogens with zero attached hydrogens (tertiary/aromatic N) is 6. The predicted molar refractivity (Wildman–Crippen MR) is 127 cm³/mol. The highest BCUT2D eigenvalue weighted by Gasteiger charge is 2.30. The van der Waals surface area contributed by atoms with Crippen molar-refractivity contribution in [3.05, 3.63) is 55.1 Å². The SMILES string of the molecule is C=CCN(C(=O)C1CCN(c2ncnc3c2nc2n3CCCCC2)CC1)c1ccccc1. The fourth-order valence-electron chi connectivity index (χ4n) is 4.98. The van der Waals surface area contributed by atoms with Gasteiger partial charge in [-0.3, -0.25) is 4.79 Å². The van der Waals surface area contributed by atoms with E-state index in [1.807, 2.05) is 35.2 Å². The summed E-state index contributed by atoms with van der Waals surface area (Å²) in [5.41, 5.74) is 2.79. The van der Waals surface area contributed by atoms with Crippen LogP contribution in [0.25, 0.3) is 11.2 Å². The molecule has 0 atom stereocenters. The molecule has 166 valence electrons. The number of hydrogen-bond donors (Lipinski definition) is 0. The van der Waals surface area contributed by atoms with Crippen molar-refractivity contribution in [1.82, 2.24) is 19.5 Å². The molecule has 3 aromatic rings. The van der Waals surface area contributed by atoms with Crippen molar-refractivity contribution in [3.63, 3.8) is 0 Å². The van der Waals surface area contributed by atoms with E-state index in [0.29, 0.717) is 6.54 Å². The minimum atomic E-state index is 0.00227. The number of carbonyl (C=O) groups is 1. The molecule has 0 bridgehead atoms. The number of aromatic nitrogens is 4. The van der Waals surface area contributed by atoms with Crippen LogP contribution in [0.3, 0.4) is 0 Å². The van der Waals surface area contributed by atoms with E-state index in [9.17, 15) is 4.79 Å². The number of fused-ring (bicyclic) bond motifs is 3. The molecular weight excluding hydrogens is 400 g/mol. The minimum Gasteiger partial charge on any atom is -0.355 e. The maximum absolute atomic E-state index is 13.3. The zero-order valence-electron chi connectivity index (χ0n) is 18.5. The summed E-state index contributed by atoms with van der Waals surface area (Å²) in [4.78, 5) is 31.6. The van der Waals surface area contributed by atoms with E-state index in [2.05, 4.69) is 26.0 Å². The molecule has 2 aliphatic rings. The Morgan fingerprint density at radius 2 is 1.91 bits per heavy atom. The molecule has 0 unspecified atom stereocenters. The van der Waals surface area contributed by atoms with Crippen LogP contribution in [0.1, 0.15) is 37.9 Å². The molecule has 7 nitrogen and oxygen atoms in total. The van der Waals surface area contributed by atoms with Crippen LogP contribution >= 0.6 is 0 Å². The lowest BCUT2D eigenvalue weighted by atomic mass is 9.95. The summed E-state index contributed by atoms with van der Waals surface area (Å²) in [7, 11) is 0. The maximum Gasteiger partial charge on any atom is 0.230 e. The summed E-state index contributed by atoms with van der Waals surface area (Å²) in [6.45, 7) is 6.94. The van der Waals surface area contributed by atoms with Crippen molar-refractivity contribution in [1.29, 1.82) is 0 Å². The molecule has 0 spiro atoms. The molecule has 7 heteroatoms. The molecule has 2 aliphatic heterocycles. The van der Waals surface area contributed by atoms with Gasteiger partial charge >= 0.3 is 0 Å². The first kappa shape index (κ1) is 20.7. The Hall–Kier alpha value is -3.22. The minimum absolute atomic E-state index is 0.00227. The number of anilines is 2. The Morgan fingerprint density at radius 3 is 2.69 bits per heavy atom. The van der Waals surface area contributed by atoms with Crippen molar-refractivity contribution in [2.75, 3.05) is 29.4 Å². The van der Waals surface area contributed by atoms with Crippen LogP contribution in [0.4, 0.5) is 11.5 Å². The Kier molecular flexibility index (Phi) is 5.88. The Morgan fingerprint density at radius 1 is 1.09 bits per heavy atom. The third-order valence-corrected chi connectivity index (χ3v) is 6.66. The van der Waals surface area contributed by atoms with E-state index in [-0.39, 0.29) is 11.8 Å². The number of piperidine rings is 1. The highest BCUT2D eigenvalue weighted by molar-refractivity contribution is 5.95. The fourth-order valence-corrected chi connectivity index (χ4v) is 4.98. The van der Waals surface area contributed by atoms with Gasteiger partial charge in [0, 0.05) is 44.2 Å². The lowest BCUT2D eigenvalue weighted by Crippen LogP contribution is -2.43. The summed E-state index contributed by atoms with van der Waals surface area (Å²) in [6, 6.07) is 9.87. The average molecular weight is 431 g/mol. The van der Waals surface area contributed by atoms with Gasteiger partial charge in [0.1, 0.15) is 12.2 Å². The molecule has 5 rings (SSSR count). The lowest BCUT2D eigenvalue weighted by Gasteiger charge is -2.34. The van der Waals surface area contributed by atoms with Crippen LogP contribution in [-0.4, -0.2) is 45.1 Å². The third-order valence-electron chi connectivity index (χ3n) is 6.66. The van der Waals surface area contributed by atoms with Crippen LogP contribution < -0.4 is 9.80 Å². The molecular formula is C25H30N6O. The van der Waals surface area contributed by atoms with Crippen LogP contribution in [0.5, 0.6) is 0 Å². The number of carbonyl (C=O) groups excluding carboxylic acids is 1. The Bertz CT molecular complexity index is 1100. The van der Waals surface area contributed by atoms with Crippen LogP contribution in [0, 0.1) is 5.92 Å². The first-order valence-corrected chi connectivity index (χ1v) is 11.7. The summed E-state index contributed by atoms with van der Waals surface area (Å²) in [6.07, 6.45) is 9.67. The largest absolute Gasteiger partial charge is 0.355 e. The molecule has 0 radical (unpaired) electrons. The predicted octanol–water partition coefficient (Wildman–Crippen LogP) is 3.99. The zero-order chi connectivity index (χ0) is 21.9. The summed E-state index contributed by atoms with van der Waals surface area (Å²) in [5.74, 6) is 2.22. The normalized spacial score (nSPS) is 17.1. The van der Waals surface area contributed by atoms with Gasteiger partial charge in [-0.25, -0.2) is 15.0 Å². The molecule has 1 fully saturated rings. The average Bonchev–Trinajstić information content (AvgIpc) is 3.03. The van der Waals surface area contributed by atoms with Gasteiger partial charge in [0.2, 0.25) is 5.91 Å². The van der Waals surface area contributed by atoms with Gasteiger partial charge in [-0.05, 0) is 37.8 Å². The number of aryl methyl sites for hydroxylation is 2. The van der Waals surface area contributed by atoms with Gasteiger partial charge in [0.05, 0.1) is 0 Å². The Labute approximate surface area is 188 Å². The van der Waals surface area contributed by atoms with Gasteiger partial charge in [0.25, 0.3) is 0 Å². The number of benzene rings is 1. The summed E-state index contributed by atoms with van der Waals surface area (Å²) < 4.78 is 2.27. The van der Waals surface area contributed by atoms with E-state index in [1.54, 1.807) is 12.4 Å². The second-order valence-electron chi connectivity index (χ2n) is 8.69. The summed E-state index contributed by atoms with van der Waals surface area (Å²) in [5, 5.41) is 0. The van der Waals surface area contributed by atoms with Gasteiger partial charge in [-0.15, -0.1) is 6.58 Å². The lowest BCUT2D eigenvalue weighted by molar-refractivity contribution is -0.122. The topological polar surface area (TPSA) is 67.2 Å². The van der Waals surface area contributed by atoms with Crippen molar-refractivity contribution in [2.24, 2.45) is 5.92 Å². The van der Waals surface area contributed by atoms with Gasteiger partial charge in [-0.2, -0.15) is 0 Å². The first-order chi connectivity index (χ1) is 15.8. The summed E-state index contributed by atoms with van der Waals surface area (Å²) >= 11 is 0. The molecule has 4 heterocycles. The number of imidazole rings is 1. The first-order valence-electron chi connectivity index (χ1n) is 11.7. The molecule has 0 saturated carbocycles. The molecule has 1 saturated heterocycles. The molecule has 2 aromatic heterocycles. The molecule has 1 aromatic carbocycles. The van der Waals surface area contributed by atoms with E-state index in [1.165, 1.54) is 19.3 Å². The second kappa shape index (κ2) is 9.10. The van der Waals surface area contributed by atoms with Gasteiger partial charge < -0.3 is 14.4 Å². The van der Waals surface area contributed by atoms with Gasteiger partial charge in [-0.1, -0.05) is 30.7 Å². The van der Waals surface area contributed by atoms with Crippen molar-refractivity contribution in [3.8, 4) is 0 Å². The quantitative estimate of drug-likeness (QED) is 0.573. The van der Waals surface area contributed by atoms with Crippen LogP contribution in [0.2, 0.25) is 0 Å². The molecule has 32 heavy (non-hydrogen) atoms. The van der Waals surface area contributed by atoms with Crippen molar-refractivity contribution < 1.29 is 4.79 Å². The van der Waals surface area contributed by atoms with E-state index in [0.717, 1.165) is 67.4 Å². The molecule has 0 N–H and O–H groups in total. The van der Waals surface area contributed by atoms with Crippen LogP contribution in [-0.2, 0) is 17.8 Å². The number of hydrogen-bond acceptors (Lipinski definition) is 5. The van der Waals surface area contributed by atoms with E-state index >= 15 is 0 Å². The van der Waals surface area contributed by atoms with Crippen LogP contribution in [0.15, 0.2) is 49.3 Å².